The fraction of sp³-hybridized carbons (Fsp3) is 0.423. The standard InChI is InChI=1S/C26H32FN5O2/c1-25(2)14-18(15-26(3,4)31-25)32(5)22-8-7-20(29-30-22)24-19(27)11-17(12-21(24)33)16-9-10-28-23(13-16)34-6/h7-13,18,31,33H,14-15H2,1-6H3. The van der Waals surface area contributed by atoms with Gasteiger partial charge in [0.2, 0.25) is 5.88 Å². The molecule has 3 heterocycles. The molecule has 0 amide bonds. The minimum atomic E-state index is -0.581. The van der Waals surface area contributed by atoms with E-state index in [9.17, 15) is 5.11 Å². The van der Waals surface area contributed by atoms with E-state index in [1.54, 1.807) is 24.4 Å². The first kappa shape index (κ1) is 23.9. The van der Waals surface area contributed by atoms with Gasteiger partial charge in [-0.3, -0.25) is 0 Å². The predicted molar refractivity (Wildman–Crippen MR) is 132 cm³/mol. The Morgan fingerprint density at radius 2 is 1.74 bits per heavy atom. The highest BCUT2D eigenvalue weighted by Crippen LogP contribution is 2.37. The molecule has 0 bridgehead atoms. The van der Waals surface area contributed by atoms with Crippen LogP contribution in [-0.4, -0.2) is 51.6 Å². The van der Waals surface area contributed by atoms with Crippen LogP contribution in [0.1, 0.15) is 40.5 Å². The summed E-state index contributed by atoms with van der Waals surface area (Å²) < 4.78 is 20.2. The number of piperidine rings is 1. The zero-order valence-corrected chi connectivity index (χ0v) is 20.6. The van der Waals surface area contributed by atoms with Crippen LogP contribution in [0.25, 0.3) is 22.4 Å². The summed E-state index contributed by atoms with van der Waals surface area (Å²) in [6.45, 7) is 8.84. The second-order valence-corrected chi connectivity index (χ2v) is 10.3. The number of methoxy groups -OCH3 is 1. The van der Waals surface area contributed by atoms with Gasteiger partial charge in [-0.1, -0.05) is 0 Å². The van der Waals surface area contributed by atoms with Crippen molar-refractivity contribution in [2.75, 3.05) is 19.1 Å². The largest absolute Gasteiger partial charge is 0.507 e. The summed E-state index contributed by atoms with van der Waals surface area (Å²) in [6, 6.07) is 10.1. The first-order valence-corrected chi connectivity index (χ1v) is 11.4. The van der Waals surface area contributed by atoms with Crippen molar-refractivity contribution < 1.29 is 14.2 Å². The number of aromatic nitrogens is 3. The van der Waals surface area contributed by atoms with Gasteiger partial charge in [-0.2, -0.15) is 0 Å². The van der Waals surface area contributed by atoms with Gasteiger partial charge in [0.1, 0.15) is 11.6 Å². The summed E-state index contributed by atoms with van der Waals surface area (Å²) >= 11 is 0. The second-order valence-electron chi connectivity index (χ2n) is 10.3. The lowest BCUT2D eigenvalue weighted by Gasteiger charge is -2.49. The number of hydrogen-bond acceptors (Lipinski definition) is 7. The fourth-order valence-electron chi connectivity index (χ4n) is 5.09. The van der Waals surface area contributed by atoms with Gasteiger partial charge in [0.05, 0.1) is 18.4 Å². The monoisotopic (exact) mass is 465 g/mol. The molecule has 0 saturated carbocycles. The summed E-state index contributed by atoms with van der Waals surface area (Å²) in [5.41, 5.74) is 1.50. The smallest absolute Gasteiger partial charge is 0.213 e. The van der Waals surface area contributed by atoms with E-state index in [1.807, 2.05) is 13.1 Å². The number of rotatable bonds is 5. The Balaban J connectivity index is 1.59. The number of halogens is 1. The number of pyridine rings is 1. The molecule has 4 rings (SSSR count). The first-order chi connectivity index (χ1) is 16.0. The van der Waals surface area contributed by atoms with Crippen LogP contribution in [0, 0.1) is 5.82 Å². The minimum absolute atomic E-state index is 0.00352. The average molecular weight is 466 g/mol. The number of aromatic hydroxyl groups is 1. The third-order valence-corrected chi connectivity index (χ3v) is 6.33. The Hall–Kier alpha value is -3.26. The maximum absolute atomic E-state index is 15.1. The summed E-state index contributed by atoms with van der Waals surface area (Å²) in [7, 11) is 3.53. The van der Waals surface area contributed by atoms with Crippen LogP contribution < -0.4 is 15.0 Å². The molecular formula is C26H32FN5O2. The number of nitrogens with one attached hydrogen (secondary N) is 1. The van der Waals surface area contributed by atoms with E-state index >= 15 is 4.39 Å². The van der Waals surface area contributed by atoms with Crippen molar-refractivity contribution in [3.63, 3.8) is 0 Å². The minimum Gasteiger partial charge on any atom is -0.507 e. The van der Waals surface area contributed by atoms with E-state index in [4.69, 9.17) is 4.74 Å². The molecule has 1 aromatic carbocycles. The van der Waals surface area contributed by atoms with E-state index in [0.29, 0.717) is 22.8 Å². The number of hydrogen-bond donors (Lipinski definition) is 2. The molecule has 1 fully saturated rings. The van der Waals surface area contributed by atoms with Crippen LogP contribution in [-0.2, 0) is 0 Å². The van der Waals surface area contributed by atoms with E-state index in [-0.39, 0.29) is 34.1 Å². The van der Waals surface area contributed by atoms with Gasteiger partial charge in [-0.05, 0) is 82.0 Å². The second kappa shape index (κ2) is 8.83. The van der Waals surface area contributed by atoms with Crippen LogP contribution in [0.4, 0.5) is 10.2 Å². The van der Waals surface area contributed by atoms with Gasteiger partial charge in [0.25, 0.3) is 0 Å². The lowest BCUT2D eigenvalue weighted by molar-refractivity contribution is 0.160. The molecule has 0 radical (unpaired) electrons. The number of phenolic OH excluding ortho intramolecular Hbond substituents is 1. The van der Waals surface area contributed by atoms with Crippen LogP contribution in [0.3, 0.4) is 0 Å². The molecule has 1 aliphatic heterocycles. The van der Waals surface area contributed by atoms with Gasteiger partial charge >= 0.3 is 0 Å². The molecule has 0 atom stereocenters. The molecule has 0 aliphatic carbocycles. The summed E-state index contributed by atoms with van der Waals surface area (Å²) in [5, 5.41) is 22.9. The summed E-state index contributed by atoms with van der Waals surface area (Å²) in [6.07, 6.45) is 3.50. The van der Waals surface area contributed by atoms with Crippen molar-refractivity contribution >= 4 is 5.82 Å². The van der Waals surface area contributed by atoms with Crippen molar-refractivity contribution in [3.8, 4) is 34.0 Å². The van der Waals surface area contributed by atoms with Crippen LogP contribution >= 0.6 is 0 Å². The SMILES string of the molecule is COc1cc(-c2cc(O)c(-c3ccc(N(C)C4CC(C)(C)NC(C)(C)C4)nn3)c(F)c2)ccn1. The van der Waals surface area contributed by atoms with E-state index in [1.165, 1.54) is 19.2 Å². The summed E-state index contributed by atoms with van der Waals surface area (Å²) in [5.74, 6) is 0.335. The molecule has 180 valence electrons. The highest BCUT2D eigenvalue weighted by molar-refractivity contribution is 5.75. The van der Waals surface area contributed by atoms with E-state index < -0.39 is 5.82 Å². The van der Waals surface area contributed by atoms with Gasteiger partial charge in [0.15, 0.2) is 5.82 Å². The fourth-order valence-corrected chi connectivity index (χ4v) is 5.09. The zero-order valence-electron chi connectivity index (χ0n) is 20.6. The molecule has 3 aromatic rings. The van der Waals surface area contributed by atoms with Gasteiger partial charge in [-0.15, -0.1) is 10.2 Å². The maximum atomic E-state index is 15.1. The molecule has 2 N–H and O–H groups in total. The Morgan fingerprint density at radius 1 is 1.03 bits per heavy atom. The van der Waals surface area contributed by atoms with Crippen molar-refractivity contribution in [1.29, 1.82) is 0 Å². The van der Waals surface area contributed by atoms with Crippen LogP contribution in [0.5, 0.6) is 11.6 Å². The predicted octanol–water partition coefficient (Wildman–Crippen LogP) is 4.80. The number of phenols is 1. The number of ether oxygens (including phenoxy) is 1. The van der Waals surface area contributed by atoms with Crippen molar-refractivity contribution in [2.24, 2.45) is 0 Å². The molecule has 1 saturated heterocycles. The maximum Gasteiger partial charge on any atom is 0.213 e. The zero-order chi connectivity index (χ0) is 24.7. The summed E-state index contributed by atoms with van der Waals surface area (Å²) in [4.78, 5) is 6.20. The topological polar surface area (TPSA) is 83.4 Å². The molecule has 8 heteroatoms. The van der Waals surface area contributed by atoms with Gasteiger partial charge in [-0.25, -0.2) is 9.37 Å². The Labute approximate surface area is 200 Å². The van der Waals surface area contributed by atoms with Crippen molar-refractivity contribution in [1.82, 2.24) is 20.5 Å². The quantitative estimate of drug-likeness (QED) is 0.560. The average Bonchev–Trinajstić information content (AvgIpc) is 2.76. The van der Waals surface area contributed by atoms with Gasteiger partial charge in [0, 0.05) is 36.4 Å². The highest BCUT2D eigenvalue weighted by Gasteiger charge is 2.39. The van der Waals surface area contributed by atoms with Crippen molar-refractivity contribution in [2.45, 2.75) is 57.7 Å². The molecule has 0 spiro atoms. The molecular weight excluding hydrogens is 433 g/mol. The van der Waals surface area contributed by atoms with Crippen molar-refractivity contribution in [3.05, 3.63) is 48.4 Å². The molecule has 0 unspecified atom stereocenters. The highest BCUT2D eigenvalue weighted by atomic mass is 19.1. The van der Waals surface area contributed by atoms with E-state index in [0.717, 1.165) is 12.8 Å². The lowest BCUT2D eigenvalue weighted by atomic mass is 9.79. The Kier molecular flexibility index (Phi) is 6.20. The van der Waals surface area contributed by atoms with Crippen LogP contribution in [0.2, 0.25) is 0 Å². The first-order valence-electron chi connectivity index (χ1n) is 11.4. The van der Waals surface area contributed by atoms with E-state index in [2.05, 4.69) is 53.1 Å². The normalized spacial score (nSPS) is 17.4. The molecule has 2 aromatic heterocycles. The number of anilines is 1. The third kappa shape index (κ3) is 4.97. The molecule has 7 nitrogen and oxygen atoms in total. The number of benzene rings is 1. The molecule has 1 aliphatic rings. The Morgan fingerprint density at radius 3 is 2.32 bits per heavy atom. The van der Waals surface area contributed by atoms with Crippen LogP contribution in [0.15, 0.2) is 42.6 Å². The number of nitrogens with zero attached hydrogens (tertiary/aromatic N) is 4. The molecule has 34 heavy (non-hydrogen) atoms. The lowest BCUT2D eigenvalue weighted by Crippen LogP contribution is -2.62. The van der Waals surface area contributed by atoms with Gasteiger partial charge < -0.3 is 20.1 Å². The third-order valence-electron chi connectivity index (χ3n) is 6.33. The Bertz CT molecular complexity index is 1140.